The van der Waals surface area contributed by atoms with Gasteiger partial charge in [-0.3, -0.25) is 5.10 Å². The molecule has 170 valence electrons. The van der Waals surface area contributed by atoms with Gasteiger partial charge in [-0.05, 0) is 59.2 Å². The van der Waals surface area contributed by atoms with Gasteiger partial charge in [-0.2, -0.15) is 10.2 Å². The lowest BCUT2D eigenvalue weighted by Gasteiger charge is -2.16. The molecule has 2 aliphatic carbocycles. The van der Waals surface area contributed by atoms with Gasteiger partial charge < -0.3 is 20.3 Å². The highest BCUT2D eigenvalue weighted by atomic mass is 16.6. The average molecular weight is 439 g/mol. The second-order valence-corrected chi connectivity index (χ2v) is 9.54. The van der Waals surface area contributed by atoms with Gasteiger partial charge in [0, 0.05) is 42.2 Å². The largest absolute Gasteiger partial charge is 0.446 e. The maximum Gasteiger partial charge on any atom is 0.407 e. The summed E-state index contributed by atoms with van der Waals surface area (Å²) < 4.78 is 7.46. The monoisotopic (exact) mass is 438 g/mol. The van der Waals surface area contributed by atoms with Crippen LogP contribution < -0.4 is 10.6 Å². The van der Waals surface area contributed by atoms with Crippen LogP contribution in [0, 0.1) is 0 Å². The minimum absolute atomic E-state index is 0.0561. The summed E-state index contributed by atoms with van der Waals surface area (Å²) in [6, 6.07) is 4.05. The Balaban J connectivity index is 1.22. The number of hydrogen-bond acceptors (Lipinski definition) is 7. The lowest BCUT2D eigenvalue weighted by molar-refractivity contribution is 0.0967. The first kappa shape index (κ1) is 20.7. The van der Waals surface area contributed by atoms with Crippen molar-refractivity contribution in [1.29, 1.82) is 0 Å². The Bertz CT molecular complexity index is 1120. The number of aromatic nitrogens is 5. The SMILES string of the molecule is CN(C)Cc1cc2c(Nc3cc(C4CCC(OC(=O)NC5(C)CC5)C4)[nH]n3)nccn2n1. The zero-order valence-electron chi connectivity index (χ0n) is 18.8. The summed E-state index contributed by atoms with van der Waals surface area (Å²) in [6.45, 7) is 2.81. The molecular weight excluding hydrogens is 408 g/mol. The molecular formula is C22H30N8O2. The van der Waals surface area contributed by atoms with E-state index in [0.29, 0.717) is 11.6 Å². The molecule has 1 amide bonds. The Kier molecular flexibility index (Phi) is 5.24. The molecule has 0 aliphatic heterocycles. The molecule has 2 unspecified atom stereocenters. The Morgan fingerprint density at radius 1 is 1.34 bits per heavy atom. The van der Waals surface area contributed by atoms with Crippen molar-refractivity contribution < 1.29 is 9.53 Å². The van der Waals surface area contributed by atoms with Crippen LogP contribution in [-0.2, 0) is 11.3 Å². The van der Waals surface area contributed by atoms with Crippen LogP contribution in [0.25, 0.3) is 5.52 Å². The molecule has 3 N–H and O–H groups in total. The summed E-state index contributed by atoms with van der Waals surface area (Å²) >= 11 is 0. The minimum atomic E-state index is -0.295. The molecule has 10 nitrogen and oxygen atoms in total. The molecule has 2 atom stereocenters. The highest BCUT2D eigenvalue weighted by Crippen LogP contribution is 2.37. The van der Waals surface area contributed by atoms with Crippen molar-refractivity contribution >= 4 is 23.2 Å². The summed E-state index contributed by atoms with van der Waals surface area (Å²) in [4.78, 5) is 18.6. The molecule has 3 aromatic heterocycles. The number of carbonyl (C=O) groups excluding carboxylic acids is 1. The first-order chi connectivity index (χ1) is 15.4. The molecule has 10 heteroatoms. The topological polar surface area (TPSA) is 112 Å². The summed E-state index contributed by atoms with van der Waals surface area (Å²) in [5, 5.41) is 18.4. The first-order valence-corrected chi connectivity index (χ1v) is 11.2. The molecule has 0 radical (unpaired) electrons. The summed E-state index contributed by atoms with van der Waals surface area (Å²) in [5.41, 5.74) is 2.87. The molecule has 2 fully saturated rings. The van der Waals surface area contributed by atoms with Crippen molar-refractivity contribution in [3.8, 4) is 0 Å². The normalized spacial score (nSPS) is 21.8. The van der Waals surface area contributed by atoms with Crippen LogP contribution >= 0.6 is 0 Å². The van der Waals surface area contributed by atoms with E-state index in [1.54, 1.807) is 6.20 Å². The summed E-state index contributed by atoms with van der Waals surface area (Å²) in [5.74, 6) is 1.71. The van der Waals surface area contributed by atoms with Crippen molar-refractivity contribution in [3.63, 3.8) is 0 Å². The smallest absolute Gasteiger partial charge is 0.407 e. The number of rotatable bonds is 7. The van der Waals surface area contributed by atoms with Gasteiger partial charge in [0.15, 0.2) is 11.6 Å². The predicted octanol–water partition coefficient (Wildman–Crippen LogP) is 3.17. The van der Waals surface area contributed by atoms with Crippen LogP contribution in [0.4, 0.5) is 16.4 Å². The van der Waals surface area contributed by atoms with Crippen LogP contribution in [0.3, 0.4) is 0 Å². The number of ether oxygens (including phenoxy) is 1. The standard InChI is InChI=1S/C22H30N8O2/c1-22(6-7-22)25-21(31)32-16-5-4-14(10-16)17-12-19(27-26-17)24-20-18-11-15(13-29(2)3)28-30(18)9-8-23-20/h8-9,11-12,14,16H,4-7,10,13H2,1-3H3,(H,25,31)(H2,23,24,26,27). The Labute approximate surface area is 186 Å². The lowest BCUT2D eigenvalue weighted by atomic mass is 10.0. The van der Waals surface area contributed by atoms with Gasteiger partial charge in [0.1, 0.15) is 11.6 Å². The van der Waals surface area contributed by atoms with E-state index >= 15 is 0 Å². The lowest BCUT2D eigenvalue weighted by Crippen LogP contribution is -2.36. The van der Waals surface area contributed by atoms with E-state index in [4.69, 9.17) is 4.74 Å². The van der Waals surface area contributed by atoms with Crippen molar-refractivity contribution in [3.05, 3.63) is 35.9 Å². The number of anilines is 2. The van der Waals surface area contributed by atoms with Crippen molar-refractivity contribution in [2.45, 2.75) is 63.1 Å². The fourth-order valence-electron chi connectivity index (χ4n) is 4.27. The van der Waals surface area contributed by atoms with Crippen LogP contribution in [0.5, 0.6) is 0 Å². The molecule has 5 rings (SSSR count). The Morgan fingerprint density at radius 2 is 2.19 bits per heavy atom. The molecule has 0 aromatic carbocycles. The number of aromatic amines is 1. The minimum Gasteiger partial charge on any atom is -0.446 e. The molecule has 3 heterocycles. The number of alkyl carbamates (subject to hydrolysis) is 1. The van der Waals surface area contributed by atoms with Gasteiger partial charge in [-0.15, -0.1) is 0 Å². The number of fused-ring (bicyclic) bond motifs is 1. The maximum absolute atomic E-state index is 12.1. The number of amides is 1. The maximum atomic E-state index is 12.1. The van der Waals surface area contributed by atoms with Gasteiger partial charge in [0.2, 0.25) is 0 Å². The molecule has 2 aliphatic rings. The van der Waals surface area contributed by atoms with Gasteiger partial charge in [-0.1, -0.05) is 0 Å². The summed E-state index contributed by atoms with van der Waals surface area (Å²) in [6.07, 6.45) is 7.89. The fraction of sp³-hybridized carbons (Fsp3) is 0.545. The van der Waals surface area contributed by atoms with E-state index in [0.717, 1.165) is 55.6 Å². The highest BCUT2D eigenvalue weighted by molar-refractivity contribution is 5.72. The zero-order valence-corrected chi connectivity index (χ0v) is 18.8. The quantitative estimate of drug-likeness (QED) is 0.519. The summed E-state index contributed by atoms with van der Waals surface area (Å²) in [7, 11) is 4.04. The molecule has 0 saturated heterocycles. The zero-order chi connectivity index (χ0) is 22.3. The predicted molar refractivity (Wildman–Crippen MR) is 120 cm³/mol. The molecule has 0 bridgehead atoms. The van der Waals surface area contributed by atoms with E-state index in [1.807, 2.05) is 43.9 Å². The van der Waals surface area contributed by atoms with E-state index in [9.17, 15) is 4.79 Å². The van der Waals surface area contributed by atoms with E-state index < -0.39 is 0 Å². The second kappa shape index (κ2) is 8.09. The van der Waals surface area contributed by atoms with Gasteiger partial charge in [0.05, 0.1) is 5.69 Å². The molecule has 32 heavy (non-hydrogen) atoms. The van der Waals surface area contributed by atoms with Crippen LogP contribution in [0.1, 0.15) is 56.3 Å². The van der Waals surface area contributed by atoms with E-state index in [-0.39, 0.29) is 23.7 Å². The number of H-pyrrole nitrogens is 1. The third kappa shape index (κ3) is 4.55. The third-order valence-corrected chi connectivity index (χ3v) is 6.26. The fourth-order valence-corrected chi connectivity index (χ4v) is 4.27. The first-order valence-electron chi connectivity index (χ1n) is 11.2. The van der Waals surface area contributed by atoms with Crippen molar-refractivity contribution in [1.82, 2.24) is 35.0 Å². The third-order valence-electron chi connectivity index (χ3n) is 6.26. The van der Waals surface area contributed by atoms with Gasteiger partial charge in [-0.25, -0.2) is 14.3 Å². The Hall–Kier alpha value is -3.14. The average Bonchev–Trinajstić information content (AvgIpc) is 3.14. The number of hydrogen-bond donors (Lipinski definition) is 3. The van der Waals surface area contributed by atoms with Gasteiger partial charge in [0.25, 0.3) is 0 Å². The van der Waals surface area contributed by atoms with E-state index in [2.05, 4.69) is 35.8 Å². The van der Waals surface area contributed by atoms with Crippen molar-refractivity contribution in [2.75, 3.05) is 19.4 Å². The molecule has 2 saturated carbocycles. The Morgan fingerprint density at radius 3 is 2.97 bits per heavy atom. The van der Waals surface area contributed by atoms with Crippen LogP contribution in [0.15, 0.2) is 24.5 Å². The molecule has 3 aromatic rings. The van der Waals surface area contributed by atoms with Gasteiger partial charge >= 0.3 is 6.09 Å². The second-order valence-electron chi connectivity index (χ2n) is 9.54. The number of nitrogens with one attached hydrogen (secondary N) is 3. The highest BCUT2D eigenvalue weighted by Gasteiger charge is 2.40. The van der Waals surface area contributed by atoms with E-state index in [1.165, 1.54) is 0 Å². The van der Waals surface area contributed by atoms with Crippen LogP contribution in [-0.4, -0.2) is 61.5 Å². The van der Waals surface area contributed by atoms with Crippen molar-refractivity contribution in [2.24, 2.45) is 0 Å². The molecule has 0 spiro atoms. The number of nitrogens with zero attached hydrogens (tertiary/aromatic N) is 5. The number of carbonyl (C=O) groups is 1. The van der Waals surface area contributed by atoms with Crippen LogP contribution in [0.2, 0.25) is 0 Å².